The van der Waals surface area contributed by atoms with Gasteiger partial charge in [-0.2, -0.15) is 16.2 Å². The van der Waals surface area contributed by atoms with E-state index in [0.29, 0.717) is 28.1 Å². The van der Waals surface area contributed by atoms with Crippen LogP contribution in [0.4, 0.5) is 9.18 Å². The fourth-order valence-corrected chi connectivity index (χ4v) is 4.87. The number of amides is 1. The zero-order valence-electron chi connectivity index (χ0n) is 15.6. The van der Waals surface area contributed by atoms with Gasteiger partial charge in [0.15, 0.2) is 0 Å². The molecule has 0 aliphatic heterocycles. The van der Waals surface area contributed by atoms with E-state index in [9.17, 15) is 18.8 Å². The lowest BCUT2D eigenvalue weighted by Crippen LogP contribution is -2.41. The van der Waals surface area contributed by atoms with Gasteiger partial charge < -0.3 is 5.32 Å². The maximum atomic E-state index is 13.1. The highest BCUT2D eigenvalue weighted by atomic mass is 32.2. The van der Waals surface area contributed by atoms with E-state index in [1.54, 1.807) is 16.7 Å². The topological polar surface area (TPSA) is 84.0 Å². The quantitative estimate of drug-likeness (QED) is 0.555. The van der Waals surface area contributed by atoms with Crippen LogP contribution in [0, 0.1) is 5.82 Å². The lowest BCUT2D eigenvalue weighted by molar-refractivity contribution is 0.241. The first-order valence-electron chi connectivity index (χ1n) is 8.33. The average molecular weight is 390 g/mol. The number of rotatable bonds is 7. The molecule has 0 atom stereocenters. The van der Waals surface area contributed by atoms with Crippen molar-refractivity contribution in [2.45, 2.75) is 51.4 Å². The molecule has 0 fully saturated rings. The molecule has 0 aromatic carbocycles. The Kier molecular flexibility index (Phi) is 7.67. The van der Waals surface area contributed by atoms with Gasteiger partial charge in [0.05, 0.1) is 14.3 Å². The number of halogens is 1. The van der Waals surface area contributed by atoms with Crippen LogP contribution in [0.3, 0.4) is 0 Å². The Hall–Kier alpha value is -1.35. The number of carbonyl (C=O) groups is 1. The Morgan fingerprint density at radius 3 is 2.56 bits per heavy atom. The molecule has 0 saturated heterocycles. The highest BCUT2D eigenvalue weighted by molar-refractivity contribution is 7.99. The molecule has 0 aliphatic rings. The molecule has 1 aromatic heterocycles. The molecule has 0 radical (unpaired) electrons. The van der Waals surface area contributed by atoms with Crippen LogP contribution in [0.1, 0.15) is 27.2 Å². The molecule has 9 heteroatoms. The summed E-state index contributed by atoms with van der Waals surface area (Å²) in [5.41, 5.74) is -2.09. The first-order chi connectivity index (χ1) is 11.5. The van der Waals surface area contributed by atoms with E-state index in [1.165, 1.54) is 6.04 Å². The van der Waals surface area contributed by atoms with E-state index < -0.39 is 31.2 Å². The zero-order chi connectivity index (χ0) is 19.3. The molecule has 2 N–H and O–H groups in total. The number of aromatic nitrogens is 2. The molecule has 6 nitrogen and oxygen atoms in total. The van der Waals surface area contributed by atoms with Gasteiger partial charge in [-0.15, -0.1) is 0 Å². The van der Waals surface area contributed by atoms with Gasteiger partial charge in [0.1, 0.15) is 0 Å². The van der Waals surface area contributed by atoms with Gasteiger partial charge in [-0.1, -0.05) is 39.9 Å². The third kappa shape index (κ3) is 6.46. The van der Waals surface area contributed by atoms with Gasteiger partial charge >= 0.3 is 11.7 Å². The maximum Gasteiger partial charge on any atom is 0.336 e. The highest BCUT2D eigenvalue weighted by Gasteiger charge is 2.33. The summed E-state index contributed by atoms with van der Waals surface area (Å²) in [5.74, 6) is 0.564. The number of hydrogen-bond donors (Lipinski definition) is 2. The number of carbonyl (C=O) groups excluding carboxylic acids is 1. The fourth-order valence-electron chi connectivity index (χ4n) is 2.01. The van der Waals surface area contributed by atoms with Gasteiger partial charge in [0, 0.05) is 12.3 Å². The van der Waals surface area contributed by atoms with E-state index in [4.69, 9.17) is 0 Å². The van der Waals surface area contributed by atoms with Crippen molar-refractivity contribution < 1.29 is 9.18 Å². The van der Waals surface area contributed by atoms with Crippen molar-refractivity contribution in [3.63, 3.8) is 0 Å². The van der Waals surface area contributed by atoms with Crippen molar-refractivity contribution in [3.05, 3.63) is 32.9 Å². The molecular formula is C16H28FN3O3SSi. The van der Waals surface area contributed by atoms with Crippen molar-refractivity contribution in [1.29, 1.82) is 0 Å². The minimum absolute atomic E-state index is 0.372. The minimum atomic E-state index is -1.24. The van der Waals surface area contributed by atoms with Crippen molar-refractivity contribution >= 4 is 25.9 Å². The summed E-state index contributed by atoms with van der Waals surface area (Å²) in [6, 6.07) is 0.518. The zero-order valence-corrected chi connectivity index (χ0v) is 17.4. The summed E-state index contributed by atoms with van der Waals surface area (Å²) in [4.78, 5) is 36.0. The van der Waals surface area contributed by atoms with Gasteiger partial charge in [0.25, 0.3) is 5.56 Å². The second kappa shape index (κ2) is 8.84. The van der Waals surface area contributed by atoms with Crippen LogP contribution in [-0.2, 0) is 0 Å². The third-order valence-corrected chi connectivity index (χ3v) is 11.5. The van der Waals surface area contributed by atoms with Gasteiger partial charge in [-0.05, 0) is 17.2 Å². The molecule has 0 unspecified atom stereocenters. The predicted octanol–water partition coefficient (Wildman–Crippen LogP) is 2.87. The molecule has 1 amide bonds. The second-order valence-corrected chi connectivity index (χ2v) is 14.7. The number of aromatic amines is 1. The highest BCUT2D eigenvalue weighted by Crippen LogP contribution is 2.39. The molecular weight excluding hydrogens is 361 g/mol. The fraction of sp³-hybridized carbons (Fsp3) is 0.688. The van der Waals surface area contributed by atoms with Crippen LogP contribution in [0.5, 0.6) is 0 Å². The minimum Gasteiger partial charge on any atom is -0.336 e. The van der Waals surface area contributed by atoms with Gasteiger partial charge in [-0.25, -0.2) is 14.2 Å². The van der Waals surface area contributed by atoms with Crippen LogP contribution in [0.15, 0.2) is 15.8 Å². The predicted molar refractivity (Wildman–Crippen MR) is 104 cm³/mol. The summed E-state index contributed by atoms with van der Waals surface area (Å²) in [7, 11) is -1.24. The smallest absolute Gasteiger partial charge is 0.336 e. The first-order valence-corrected chi connectivity index (χ1v) is 12.7. The van der Waals surface area contributed by atoms with Crippen molar-refractivity contribution in [2.75, 3.05) is 18.1 Å². The van der Waals surface area contributed by atoms with Crippen molar-refractivity contribution in [3.8, 4) is 0 Å². The molecule has 25 heavy (non-hydrogen) atoms. The molecule has 142 valence electrons. The lowest BCUT2D eigenvalue weighted by Gasteiger charge is -2.37. The van der Waals surface area contributed by atoms with Crippen LogP contribution >= 0.6 is 11.8 Å². The van der Waals surface area contributed by atoms with Crippen LogP contribution in [0.25, 0.3) is 0 Å². The summed E-state index contributed by atoms with van der Waals surface area (Å²) in [6.45, 7) is 12.1. The molecule has 0 aliphatic carbocycles. The molecule has 0 spiro atoms. The Morgan fingerprint density at radius 2 is 1.96 bits per heavy atom. The average Bonchev–Trinajstić information content (AvgIpc) is 2.48. The summed E-state index contributed by atoms with van der Waals surface area (Å²) < 4.78 is 13.7. The Balaban J connectivity index is 2.31. The van der Waals surface area contributed by atoms with Crippen LogP contribution < -0.4 is 16.6 Å². The van der Waals surface area contributed by atoms with Crippen LogP contribution in [-0.4, -0.2) is 41.7 Å². The van der Waals surface area contributed by atoms with Crippen molar-refractivity contribution in [2.24, 2.45) is 0 Å². The maximum absolute atomic E-state index is 13.1. The van der Waals surface area contributed by atoms with E-state index >= 15 is 0 Å². The molecule has 0 bridgehead atoms. The molecule has 1 heterocycles. The number of nitrogens with zero attached hydrogens (tertiary/aromatic N) is 1. The Bertz CT molecular complexity index is 710. The summed E-state index contributed by atoms with van der Waals surface area (Å²) in [5, 5.41) is 2.93. The number of nitrogens with one attached hydrogen (secondary N) is 2. The molecule has 1 rings (SSSR count). The largest absolute Gasteiger partial charge is 0.336 e. The standard InChI is InChI=1S/C16H28FN3O3SSi/c1-16(2,3)25(4,5)10-6-8-24-9-7-18-14(22)20-11-12(17)13(21)19-15(20)23/h11H,6-10H2,1-5H3,(H,18,22)(H,19,21,23). The second-order valence-electron chi connectivity index (χ2n) is 7.69. The van der Waals surface area contributed by atoms with Crippen LogP contribution in [0.2, 0.25) is 24.2 Å². The Labute approximate surface area is 152 Å². The summed E-state index contributed by atoms with van der Waals surface area (Å²) >= 11 is 1.74. The number of hydrogen-bond acceptors (Lipinski definition) is 4. The van der Waals surface area contributed by atoms with Crippen molar-refractivity contribution in [1.82, 2.24) is 14.9 Å². The number of H-pyrrole nitrogens is 1. The number of thioether (sulfide) groups is 1. The summed E-state index contributed by atoms with van der Waals surface area (Å²) in [6.07, 6.45) is 1.75. The van der Waals surface area contributed by atoms with E-state index in [-0.39, 0.29) is 0 Å². The third-order valence-electron chi connectivity index (χ3n) is 4.76. The lowest BCUT2D eigenvalue weighted by atomic mass is 10.2. The molecule has 0 saturated carbocycles. The van der Waals surface area contributed by atoms with Gasteiger partial charge in [-0.3, -0.25) is 9.78 Å². The van der Waals surface area contributed by atoms with Gasteiger partial charge in [0.2, 0.25) is 5.82 Å². The van der Waals surface area contributed by atoms with E-state index in [0.717, 1.165) is 12.2 Å². The molecule has 1 aromatic rings. The van der Waals surface area contributed by atoms with E-state index in [1.807, 2.05) is 0 Å². The monoisotopic (exact) mass is 389 g/mol. The van der Waals surface area contributed by atoms with E-state index in [2.05, 4.69) is 39.2 Å². The first kappa shape index (κ1) is 21.7. The Morgan fingerprint density at radius 1 is 1.32 bits per heavy atom. The SMILES string of the molecule is CC(C)(C)[Si](C)(C)CCCSCCNC(=O)n1cc(F)c(=O)[nH]c1=O. The normalized spacial score (nSPS) is 12.2.